The second kappa shape index (κ2) is 6.28. The highest BCUT2D eigenvalue weighted by Gasteiger charge is 2.21. The topological polar surface area (TPSA) is 29.5 Å². The van der Waals surface area contributed by atoms with Gasteiger partial charge >= 0.3 is 6.09 Å². The Bertz CT molecular complexity index is 338. The van der Waals surface area contributed by atoms with Crippen molar-refractivity contribution in [3.05, 3.63) is 35.9 Å². The fourth-order valence-corrected chi connectivity index (χ4v) is 1.81. The minimum absolute atomic E-state index is 0.151. The van der Waals surface area contributed by atoms with Crippen LogP contribution in [-0.2, 0) is 11.3 Å². The first-order chi connectivity index (χ1) is 8.02. The van der Waals surface area contributed by atoms with Crippen molar-refractivity contribution in [2.75, 3.05) is 0 Å². The Morgan fingerprint density at radius 2 is 1.65 bits per heavy atom. The van der Waals surface area contributed by atoms with Gasteiger partial charge in [0.2, 0.25) is 0 Å². The SMILES string of the molecule is CC(C)N(C(=O)OCc1ccccc1)C(C)C. The molecule has 0 aliphatic heterocycles. The molecule has 1 amide bonds. The molecule has 0 fully saturated rings. The van der Waals surface area contributed by atoms with Gasteiger partial charge < -0.3 is 9.64 Å². The van der Waals surface area contributed by atoms with Crippen LogP contribution in [0, 0.1) is 0 Å². The van der Waals surface area contributed by atoms with Crippen molar-refractivity contribution in [3.8, 4) is 0 Å². The number of nitrogens with zero attached hydrogens (tertiary/aromatic N) is 1. The van der Waals surface area contributed by atoms with E-state index in [1.807, 2.05) is 58.0 Å². The summed E-state index contributed by atoms with van der Waals surface area (Å²) in [5.74, 6) is 0. The summed E-state index contributed by atoms with van der Waals surface area (Å²) >= 11 is 0. The normalized spacial score (nSPS) is 10.7. The summed E-state index contributed by atoms with van der Waals surface area (Å²) in [5.41, 5.74) is 1.01. The molecule has 0 N–H and O–H groups in total. The molecule has 0 aliphatic carbocycles. The standard InChI is InChI=1S/C14H21NO2/c1-11(2)15(12(3)4)14(16)17-10-13-8-6-5-7-9-13/h5-9,11-12H,10H2,1-4H3. The third-order valence-corrected chi connectivity index (χ3v) is 2.53. The summed E-state index contributed by atoms with van der Waals surface area (Å²) in [5, 5.41) is 0. The molecule has 0 radical (unpaired) electrons. The van der Waals surface area contributed by atoms with Gasteiger partial charge in [-0.15, -0.1) is 0 Å². The highest BCUT2D eigenvalue weighted by Crippen LogP contribution is 2.09. The van der Waals surface area contributed by atoms with E-state index < -0.39 is 0 Å². The molecule has 1 aromatic carbocycles. The maximum Gasteiger partial charge on any atom is 0.410 e. The van der Waals surface area contributed by atoms with E-state index in [1.54, 1.807) is 4.90 Å². The predicted octanol–water partition coefficient (Wildman–Crippen LogP) is 3.44. The van der Waals surface area contributed by atoms with Gasteiger partial charge in [-0.25, -0.2) is 4.79 Å². The summed E-state index contributed by atoms with van der Waals surface area (Å²) in [6, 6.07) is 10.0. The van der Waals surface area contributed by atoms with E-state index in [0.29, 0.717) is 6.61 Å². The van der Waals surface area contributed by atoms with E-state index in [0.717, 1.165) is 5.56 Å². The second-order valence-electron chi connectivity index (χ2n) is 4.63. The van der Waals surface area contributed by atoms with Crippen molar-refractivity contribution >= 4 is 6.09 Å². The summed E-state index contributed by atoms with van der Waals surface area (Å²) in [6.07, 6.45) is -0.251. The zero-order chi connectivity index (χ0) is 12.8. The number of carbonyl (C=O) groups is 1. The lowest BCUT2D eigenvalue weighted by molar-refractivity contribution is 0.0738. The number of hydrogen-bond donors (Lipinski definition) is 0. The first-order valence-electron chi connectivity index (χ1n) is 6.01. The average Bonchev–Trinajstić information content (AvgIpc) is 2.27. The summed E-state index contributed by atoms with van der Waals surface area (Å²) in [7, 11) is 0. The van der Waals surface area contributed by atoms with E-state index in [2.05, 4.69) is 0 Å². The van der Waals surface area contributed by atoms with Crippen molar-refractivity contribution in [2.24, 2.45) is 0 Å². The van der Waals surface area contributed by atoms with Crippen molar-refractivity contribution in [3.63, 3.8) is 0 Å². The first kappa shape index (κ1) is 13.6. The fourth-order valence-electron chi connectivity index (χ4n) is 1.81. The molecular formula is C14H21NO2. The molecule has 0 heterocycles. The van der Waals surface area contributed by atoms with Crippen LogP contribution in [0.25, 0.3) is 0 Å². The van der Waals surface area contributed by atoms with Gasteiger partial charge in [0.25, 0.3) is 0 Å². The van der Waals surface area contributed by atoms with E-state index in [9.17, 15) is 4.79 Å². The smallest absolute Gasteiger partial charge is 0.410 e. The Kier molecular flexibility index (Phi) is 5.01. The van der Waals surface area contributed by atoms with E-state index >= 15 is 0 Å². The summed E-state index contributed by atoms with van der Waals surface area (Å²) in [4.78, 5) is 13.6. The van der Waals surface area contributed by atoms with Crippen LogP contribution in [0.3, 0.4) is 0 Å². The maximum atomic E-state index is 11.9. The van der Waals surface area contributed by atoms with Crippen LogP contribution in [0.5, 0.6) is 0 Å². The minimum atomic E-state index is -0.251. The van der Waals surface area contributed by atoms with Crippen molar-refractivity contribution in [1.82, 2.24) is 4.90 Å². The number of amides is 1. The molecule has 0 atom stereocenters. The molecular weight excluding hydrogens is 214 g/mol. The molecule has 0 unspecified atom stereocenters. The van der Waals surface area contributed by atoms with Gasteiger partial charge in [-0.05, 0) is 33.3 Å². The van der Waals surface area contributed by atoms with E-state index in [1.165, 1.54) is 0 Å². The zero-order valence-corrected chi connectivity index (χ0v) is 11.0. The van der Waals surface area contributed by atoms with Gasteiger partial charge in [-0.3, -0.25) is 0 Å². The number of benzene rings is 1. The molecule has 0 aliphatic rings. The Morgan fingerprint density at radius 1 is 1.12 bits per heavy atom. The molecule has 0 bridgehead atoms. The lowest BCUT2D eigenvalue weighted by Gasteiger charge is -2.29. The predicted molar refractivity (Wildman–Crippen MR) is 68.7 cm³/mol. The highest BCUT2D eigenvalue weighted by molar-refractivity contribution is 5.68. The molecule has 17 heavy (non-hydrogen) atoms. The summed E-state index contributed by atoms with van der Waals surface area (Å²) < 4.78 is 5.30. The number of hydrogen-bond acceptors (Lipinski definition) is 2. The molecule has 0 saturated carbocycles. The van der Waals surface area contributed by atoms with Gasteiger partial charge in [-0.2, -0.15) is 0 Å². The van der Waals surface area contributed by atoms with E-state index in [-0.39, 0.29) is 18.2 Å². The largest absolute Gasteiger partial charge is 0.445 e. The van der Waals surface area contributed by atoms with Crippen molar-refractivity contribution in [2.45, 2.75) is 46.4 Å². The number of carbonyl (C=O) groups excluding carboxylic acids is 1. The van der Waals surface area contributed by atoms with Crippen LogP contribution in [-0.4, -0.2) is 23.1 Å². The highest BCUT2D eigenvalue weighted by atomic mass is 16.6. The molecule has 94 valence electrons. The Balaban J connectivity index is 2.54. The van der Waals surface area contributed by atoms with Crippen LogP contribution in [0.4, 0.5) is 4.79 Å². The third-order valence-electron chi connectivity index (χ3n) is 2.53. The molecule has 1 aromatic rings. The fraction of sp³-hybridized carbons (Fsp3) is 0.500. The maximum absolute atomic E-state index is 11.9. The van der Waals surface area contributed by atoms with Crippen molar-refractivity contribution in [1.29, 1.82) is 0 Å². The van der Waals surface area contributed by atoms with Crippen LogP contribution >= 0.6 is 0 Å². The first-order valence-corrected chi connectivity index (χ1v) is 6.01. The quantitative estimate of drug-likeness (QED) is 0.800. The molecule has 3 heteroatoms. The minimum Gasteiger partial charge on any atom is -0.445 e. The third kappa shape index (κ3) is 4.10. The zero-order valence-electron chi connectivity index (χ0n) is 11.0. The van der Waals surface area contributed by atoms with Gasteiger partial charge in [0.1, 0.15) is 6.61 Å². The van der Waals surface area contributed by atoms with E-state index in [4.69, 9.17) is 4.74 Å². The van der Waals surface area contributed by atoms with Gasteiger partial charge in [0.05, 0.1) is 0 Å². The Morgan fingerprint density at radius 3 is 2.12 bits per heavy atom. The van der Waals surface area contributed by atoms with Crippen LogP contribution in [0.1, 0.15) is 33.3 Å². The monoisotopic (exact) mass is 235 g/mol. The van der Waals surface area contributed by atoms with Crippen LogP contribution in [0.2, 0.25) is 0 Å². The van der Waals surface area contributed by atoms with Gasteiger partial charge in [0.15, 0.2) is 0 Å². The number of ether oxygens (including phenoxy) is 1. The molecule has 3 nitrogen and oxygen atoms in total. The molecule has 1 rings (SSSR count). The Hall–Kier alpha value is -1.51. The summed E-state index contributed by atoms with van der Waals surface area (Å²) in [6.45, 7) is 8.29. The van der Waals surface area contributed by atoms with Crippen molar-refractivity contribution < 1.29 is 9.53 Å². The second-order valence-corrected chi connectivity index (χ2v) is 4.63. The van der Waals surface area contributed by atoms with Gasteiger partial charge in [-0.1, -0.05) is 30.3 Å². The van der Waals surface area contributed by atoms with Crippen LogP contribution in [0.15, 0.2) is 30.3 Å². The average molecular weight is 235 g/mol. The van der Waals surface area contributed by atoms with Gasteiger partial charge in [0, 0.05) is 12.1 Å². The lowest BCUT2D eigenvalue weighted by atomic mass is 10.2. The number of rotatable bonds is 4. The lowest BCUT2D eigenvalue weighted by Crippen LogP contribution is -2.42. The molecule has 0 aromatic heterocycles. The van der Waals surface area contributed by atoms with Crippen LogP contribution < -0.4 is 0 Å². The molecule has 0 spiro atoms. The Labute approximate surface area is 103 Å². The molecule has 0 saturated heterocycles.